The summed E-state index contributed by atoms with van der Waals surface area (Å²) in [6, 6.07) is 9.51. The number of rotatable bonds is 1. The van der Waals surface area contributed by atoms with E-state index in [1.165, 1.54) is 4.68 Å². The highest BCUT2D eigenvalue weighted by Crippen LogP contribution is 2.11. The van der Waals surface area contributed by atoms with Gasteiger partial charge in [0.1, 0.15) is 0 Å². The first-order valence-electron chi connectivity index (χ1n) is 4.62. The predicted molar refractivity (Wildman–Crippen MR) is 57.7 cm³/mol. The summed E-state index contributed by atoms with van der Waals surface area (Å²) in [5, 5.41) is 1.01. The fourth-order valence-electron chi connectivity index (χ4n) is 1.60. The summed E-state index contributed by atoms with van der Waals surface area (Å²) in [6.07, 6.45) is 0.709. The molecule has 3 nitrogen and oxygen atoms in total. The molecule has 0 aliphatic carbocycles. The summed E-state index contributed by atoms with van der Waals surface area (Å²) in [5.41, 5.74) is 1.42. The Bertz CT molecular complexity index is 528. The molecule has 0 fully saturated rings. The van der Waals surface area contributed by atoms with E-state index in [9.17, 15) is 4.79 Å². The van der Waals surface area contributed by atoms with E-state index in [0.717, 1.165) is 16.5 Å². The lowest BCUT2D eigenvalue weighted by atomic mass is 10.1. The van der Waals surface area contributed by atoms with Gasteiger partial charge in [-0.1, -0.05) is 25.1 Å². The van der Waals surface area contributed by atoms with Crippen LogP contribution in [-0.4, -0.2) is 4.68 Å². The van der Waals surface area contributed by atoms with Crippen LogP contribution in [0.25, 0.3) is 10.9 Å². The Hall–Kier alpha value is -1.77. The highest BCUT2D eigenvalue weighted by atomic mass is 16.1. The molecule has 1 heterocycles. The summed E-state index contributed by atoms with van der Waals surface area (Å²) in [6.45, 7) is 1.95. The second-order valence-electron chi connectivity index (χ2n) is 3.26. The van der Waals surface area contributed by atoms with Gasteiger partial charge in [-0.3, -0.25) is 4.79 Å². The molecule has 72 valence electrons. The normalized spacial score (nSPS) is 10.6. The number of pyridine rings is 1. The summed E-state index contributed by atoms with van der Waals surface area (Å²) < 4.78 is 1.22. The van der Waals surface area contributed by atoms with Crippen LogP contribution in [0.5, 0.6) is 0 Å². The van der Waals surface area contributed by atoms with Gasteiger partial charge in [0.05, 0.1) is 5.52 Å². The second-order valence-corrected chi connectivity index (χ2v) is 3.26. The quantitative estimate of drug-likeness (QED) is 0.685. The predicted octanol–water partition coefficient (Wildman–Crippen LogP) is 1.28. The third-order valence-corrected chi connectivity index (χ3v) is 2.40. The summed E-state index contributed by atoms with van der Waals surface area (Å²) in [7, 11) is 0. The van der Waals surface area contributed by atoms with Crippen LogP contribution < -0.4 is 11.4 Å². The molecule has 2 N–H and O–H groups in total. The highest BCUT2D eigenvalue weighted by molar-refractivity contribution is 5.79. The molecule has 1 aromatic carbocycles. The minimum absolute atomic E-state index is 0.105. The molecular formula is C11H12N2O. The zero-order chi connectivity index (χ0) is 10.1. The van der Waals surface area contributed by atoms with Crippen LogP contribution in [0.15, 0.2) is 35.1 Å². The van der Waals surface area contributed by atoms with Crippen LogP contribution in [0, 0.1) is 0 Å². The maximum absolute atomic E-state index is 11.7. The number of fused-ring (bicyclic) bond motifs is 1. The molecule has 2 rings (SSSR count). The largest absolute Gasteiger partial charge is 0.336 e. The standard InChI is InChI=1S/C11H12N2O/c1-2-8-7-9-5-3-4-6-10(9)13(12)11(8)14/h3-7H,2,12H2,1H3. The fraction of sp³-hybridized carbons (Fsp3) is 0.182. The summed E-state index contributed by atoms with van der Waals surface area (Å²) in [4.78, 5) is 11.7. The van der Waals surface area contributed by atoms with E-state index in [4.69, 9.17) is 5.84 Å². The number of hydrogen-bond donors (Lipinski definition) is 1. The third kappa shape index (κ3) is 1.18. The third-order valence-electron chi connectivity index (χ3n) is 2.40. The Morgan fingerprint density at radius 3 is 2.79 bits per heavy atom. The fourth-order valence-corrected chi connectivity index (χ4v) is 1.60. The number of hydrogen-bond acceptors (Lipinski definition) is 2. The lowest BCUT2D eigenvalue weighted by Crippen LogP contribution is -2.29. The van der Waals surface area contributed by atoms with Crippen molar-refractivity contribution < 1.29 is 0 Å². The van der Waals surface area contributed by atoms with E-state index >= 15 is 0 Å². The number of para-hydroxylation sites is 1. The van der Waals surface area contributed by atoms with E-state index in [-0.39, 0.29) is 5.56 Å². The number of nitrogens with two attached hydrogens (primary N) is 1. The van der Waals surface area contributed by atoms with Gasteiger partial charge < -0.3 is 5.84 Å². The first-order chi connectivity index (χ1) is 6.74. The minimum atomic E-state index is -0.105. The van der Waals surface area contributed by atoms with Crippen LogP contribution in [0.3, 0.4) is 0 Å². The van der Waals surface area contributed by atoms with Crippen molar-refractivity contribution in [1.29, 1.82) is 0 Å². The van der Waals surface area contributed by atoms with Gasteiger partial charge in [0.15, 0.2) is 0 Å². The van der Waals surface area contributed by atoms with Crippen LogP contribution in [-0.2, 0) is 6.42 Å². The Labute approximate surface area is 81.7 Å². The Morgan fingerprint density at radius 1 is 1.36 bits per heavy atom. The molecule has 0 atom stereocenters. The lowest BCUT2D eigenvalue weighted by molar-refractivity contribution is 0.941. The van der Waals surface area contributed by atoms with Crippen molar-refractivity contribution in [1.82, 2.24) is 4.68 Å². The van der Waals surface area contributed by atoms with Crippen molar-refractivity contribution in [3.8, 4) is 0 Å². The van der Waals surface area contributed by atoms with E-state index in [1.807, 2.05) is 37.3 Å². The van der Waals surface area contributed by atoms with Gasteiger partial charge >= 0.3 is 0 Å². The van der Waals surface area contributed by atoms with Crippen molar-refractivity contribution >= 4 is 10.9 Å². The maximum Gasteiger partial charge on any atom is 0.272 e. The molecule has 3 heteroatoms. The molecule has 2 aromatic rings. The molecule has 0 aliphatic heterocycles. The molecule has 0 radical (unpaired) electrons. The highest BCUT2D eigenvalue weighted by Gasteiger charge is 2.04. The molecule has 0 bridgehead atoms. The lowest BCUT2D eigenvalue weighted by Gasteiger charge is -2.06. The molecule has 0 amide bonds. The van der Waals surface area contributed by atoms with Gasteiger partial charge in [0.25, 0.3) is 5.56 Å². The van der Waals surface area contributed by atoms with Crippen LogP contribution in [0.4, 0.5) is 0 Å². The first kappa shape index (κ1) is 8.81. The van der Waals surface area contributed by atoms with Gasteiger partial charge in [-0.25, -0.2) is 4.68 Å². The van der Waals surface area contributed by atoms with Crippen molar-refractivity contribution in [3.63, 3.8) is 0 Å². The smallest absolute Gasteiger partial charge is 0.272 e. The molecule has 0 saturated carbocycles. The van der Waals surface area contributed by atoms with Gasteiger partial charge in [-0.05, 0) is 18.6 Å². The molecule has 0 aliphatic rings. The van der Waals surface area contributed by atoms with Crippen LogP contribution in [0.1, 0.15) is 12.5 Å². The Morgan fingerprint density at radius 2 is 2.07 bits per heavy atom. The van der Waals surface area contributed by atoms with E-state index < -0.39 is 0 Å². The average molecular weight is 188 g/mol. The molecule has 14 heavy (non-hydrogen) atoms. The molecule has 0 saturated heterocycles. The SMILES string of the molecule is CCc1cc2ccccc2n(N)c1=O. The average Bonchev–Trinajstić information content (AvgIpc) is 2.23. The minimum Gasteiger partial charge on any atom is -0.336 e. The number of aromatic nitrogens is 1. The van der Waals surface area contributed by atoms with Gasteiger partial charge in [0.2, 0.25) is 0 Å². The number of benzene rings is 1. The topological polar surface area (TPSA) is 48.0 Å². The maximum atomic E-state index is 11.7. The summed E-state index contributed by atoms with van der Waals surface area (Å²) >= 11 is 0. The Balaban J connectivity index is 2.92. The van der Waals surface area contributed by atoms with E-state index in [2.05, 4.69) is 0 Å². The molecule has 0 unspecified atom stereocenters. The van der Waals surface area contributed by atoms with Crippen molar-refractivity contribution in [2.75, 3.05) is 5.84 Å². The van der Waals surface area contributed by atoms with E-state index in [0.29, 0.717) is 6.42 Å². The van der Waals surface area contributed by atoms with Gasteiger partial charge in [-0.15, -0.1) is 0 Å². The zero-order valence-corrected chi connectivity index (χ0v) is 8.03. The monoisotopic (exact) mass is 188 g/mol. The van der Waals surface area contributed by atoms with Crippen molar-refractivity contribution in [2.24, 2.45) is 0 Å². The van der Waals surface area contributed by atoms with Crippen LogP contribution in [0.2, 0.25) is 0 Å². The van der Waals surface area contributed by atoms with Crippen molar-refractivity contribution in [3.05, 3.63) is 46.2 Å². The first-order valence-corrected chi connectivity index (χ1v) is 4.62. The number of nitrogen functional groups attached to an aromatic ring is 1. The molecular weight excluding hydrogens is 176 g/mol. The molecule has 0 spiro atoms. The van der Waals surface area contributed by atoms with E-state index in [1.54, 1.807) is 0 Å². The zero-order valence-electron chi connectivity index (χ0n) is 8.03. The van der Waals surface area contributed by atoms with Crippen molar-refractivity contribution in [2.45, 2.75) is 13.3 Å². The molecule has 1 aromatic heterocycles. The Kier molecular flexibility index (Phi) is 2.00. The number of aryl methyl sites for hydroxylation is 1. The second kappa shape index (κ2) is 3.18. The van der Waals surface area contributed by atoms with Gasteiger partial charge in [-0.2, -0.15) is 0 Å². The number of nitrogens with zero attached hydrogens (tertiary/aromatic N) is 1. The van der Waals surface area contributed by atoms with Gasteiger partial charge in [0, 0.05) is 10.9 Å². The van der Waals surface area contributed by atoms with Crippen LogP contribution >= 0.6 is 0 Å². The summed E-state index contributed by atoms with van der Waals surface area (Å²) in [5.74, 6) is 5.70.